The van der Waals surface area contributed by atoms with E-state index in [0.29, 0.717) is 18.5 Å². The average molecular weight is 224 g/mol. The van der Waals surface area contributed by atoms with Gasteiger partial charge >= 0.3 is 6.08 Å². The molecule has 1 aromatic heterocycles. The summed E-state index contributed by atoms with van der Waals surface area (Å²) in [6, 6.07) is 0. The summed E-state index contributed by atoms with van der Waals surface area (Å²) in [6.45, 7) is 2.61. The Morgan fingerprint density at radius 1 is 1.50 bits per heavy atom. The van der Waals surface area contributed by atoms with Crippen molar-refractivity contribution < 1.29 is 9.15 Å². The highest BCUT2D eigenvalue weighted by atomic mass is 16.6. The number of nitrogens with zero attached hydrogens (tertiary/aromatic N) is 1. The van der Waals surface area contributed by atoms with Crippen molar-refractivity contribution in [2.24, 2.45) is 11.7 Å². The van der Waals surface area contributed by atoms with Crippen molar-refractivity contribution in [2.75, 3.05) is 0 Å². The smallest absolute Gasteiger partial charge is 0.394 e. The lowest BCUT2D eigenvalue weighted by Crippen LogP contribution is -2.30. The lowest BCUT2D eigenvalue weighted by molar-refractivity contribution is 0.0610. The molecule has 2 atom stereocenters. The van der Waals surface area contributed by atoms with Crippen LogP contribution in [0.15, 0.2) is 10.7 Å². The Morgan fingerprint density at radius 3 is 3.00 bits per heavy atom. The van der Waals surface area contributed by atoms with Crippen LogP contribution in [0.4, 0.5) is 0 Å². The third-order valence-electron chi connectivity index (χ3n) is 3.36. The Hall–Kier alpha value is -1.03. The largest absolute Gasteiger partial charge is 0.447 e. The lowest BCUT2D eigenvalue weighted by atomic mass is 9.85. The van der Waals surface area contributed by atoms with E-state index in [-0.39, 0.29) is 6.10 Å². The van der Waals surface area contributed by atoms with Gasteiger partial charge in [-0.1, -0.05) is 13.3 Å². The minimum absolute atomic E-state index is 0.267. The van der Waals surface area contributed by atoms with Gasteiger partial charge in [0.15, 0.2) is 0 Å². The van der Waals surface area contributed by atoms with Crippen molar-refractivity contribution in [1.82, 2.24) is 4.98 Å². The maximum atomic E-state index is 5.81. The highest BCUT2D eigenvalue weighted by Gasteiger charge is 2.26. The van der Waals surface area contributed by atoms with E-state index in [0.717, 1.165) is 18.5 Å². The number of rotatable bonds is 4. The zero-order chi connectivity index (χ0) is 11.4. The van der Waals surface area contributed by atoms with Crippen molar-refractivity contribution in [3.8, 4) is 6.08 Å². The highest BCUT2D eigenvalue weighted by molar-refractivity contribution is 4.99. The van der Waals surface area contributed by atoms with Crippen LogP contribution in [0.5, 0.6) is 6.08 Å². The fourth-order valence-corrected chi connectivity index (χ4v) is 2.36. The molecule has 0 saturated heterocycles. The second-order valence-corrected chi connectivity index (χ2v) is 4.42. The molecular weight excluding hydrogens is 204 g/mol. The summed E-state index contributed by atoms with van der Waals surface area (Å²) in [5.41, 5.74) is 6.22. The number of aromatic nitrogens is 1. The van der Waals surface area contributed by atoms with Gasteiger partial charge in [-0.2, -0.15) is 4.98 Å². The molecule has 1 aliphatic carbocycles. The molecule has 1 aliphatic rings. The van der Waals surface area contributed by atoms with Gasteiger partial charge in [-0.05, 0) is 31.6 Å². The van der Waals surface area contributed by atoms with E-state index in [1.807, 2.05) is 0 Å². The van der Waals surface area contributed by atoms with E-state index in [1.165, 1.54) is 19.3 Å². The van der Waals surface area contributed by atoms with Gasteiger partial charge in [0.05, 0.1) is 5.69 Å². The monoisotopic (exact) mass is 224 g/mol. The van der Waals surface area contributed by atoms with Crippen LogP contribution < -0.4 is 10.5 Å². The molecule has 0 aromatic carbocycles. The zero-order valence-electron chi connectivity index (χ0n) is 9.82. The first-order chi connectivity index (χ1) is 7.83. The Kier molecular flexibility index (Phi) is 3.83. The van der Waals surface area contributed by atoms with Gasteiger partial charge in [-0.3, -0.25) is 0 Å². The SMILES string of the molecule is CCC1CCCCC1Oc1nc(CN)co1. The van der Waals surface area contributed by atoms with E-state index >= 15 is 0 Å². The quantitative estimate of drug-likeness (QED) is 0.853. The topological polar surface area (TPSA) is 61.3 Å². The van der Waals surface area contributed by atoms with Gasteiger partial charge in [0.2, 0.25) is 0 Å². The van der Waals surface area contributed by atoms with E-state index in [4.69, 9.17) is 14.9 Å². The van der Waals surface area contributed by atoms with Gasteiger partial charge in [-0.25, -0.2) is 0 Å². The molecule has 4 heteroatoms. The Bertz CT molecular complexity index is 325. The summed E-state index contributed by atoms with van der Waals surface area (Å²) in [5.74, 6) is 0.641. The molecule has 0 amide bonds. The first kappa shape index (κ1) is 11.5. The molecule has 0 aliphatic heterocycles. The predicted octanol–water partition coefficient (Wildman–Crippen LogP) is 2.48. The predicted molar refractivity (Wildman–Crippen MR) is 61.1 cm³/mol. The number of hydrogen-bond acceptors (Lipinski definition) is 4. The number of oxazole rings is 1. The van der Waals surface area contributed by atoms with E-state index < -0.39 is 0 Å². The fraction of sp³-hybridized carbons (Fsp3) is 0.750. The standard InChI is InChI=1S/C12H20N2O2/c1-2-9-5-3-4-6-11(9)16-12-14-10(7-13)8-15-12/h8-9,11H,2-7,13H2,1H3. The van der Waals surface area contributed by atoms with Crippen LogP contribution in [0.25, 0.3) is 0 Å². The highest BCUT2D eigenvalue weighted by Crippen LogP contribution is 2.30. The van der Waals surface area contributed by atoms with Crippen LogP contribution in [0.3, 0.4) is 0 Å². The van der Waals surface area contributed by atoms with Gasteiger partial charge in [0, 0.05) is 6.54 Å². The minimum Gasteiger partial charge on any atom is -0.447 e. The third kappa shape index (κ3) is 2.55. The maximum absolute atomic E-state index is 5.81. The molecule has 1 saturated carbocycles. The molecule has 90 valence electrons. The van der Waals surface area contributed by atoms with Crippen molar-refractivity contribution in [3.63, 3.8) is 0 Å². The summed E-state index contributed by atoms with van der Waals surface area (Å²) >= 11 is 0. The molecule has 1 aromatic rings. The van der Waals surface area contributed by atoms with E-state index in [2.05, 4.69) is 11.9 Å². The van der Waals surface area contributed by atoms with Gasteiger partial charge in [-0.15, -0.1) is 0 Å². The zero-order valence-corrected chi connectivity index (χ0v) is 9.82. The van der Waals surface area contributed by atoms with Crippen molar-refractivity contribution in [1.29, 1.82) is 0 Å². The molecule has 0 bridgehead atoms. The third-order valence-corrected chi connectivity index (χ3v) is 3.36. The molecule has 4 nitrogen and oxygen atoms in total. The second kappa shape index (κ2) is 5.34. The molecule has 0 spiro atoms. The first-order valence-corrected chi connectivity index (χ1v) is 6.14. The Morgan fingerprint density at radius 2 is 2.31 bits per heavy atom. The molecule has 2 rings (SSSR count). The molecular formula is C12H20N2O2. The molecule has 16 heavy (non-hydrogen) atoms. The van der Waals surface area contributed by atoms with E-state index in [1.54, 1.807) is 6.26 Å². The molecule has 2 N–H and O–H groups in total. The van der Waals surface area contributed by atoms with Crippen molar-refractivity contribution >= 4 is 0 Å². The number of nitrogens with two attached hydrogens (primary N) is 1. The minimum atomic E-state index is 0.267. The van der Waals surface area contributed by atoms with E-state index in [9.17, 15) is 0 Å². The maximum Gasteiger partial charge on any atom is 0.394 e. The molecule has 0 radical (unpaired) electrons. The summed E-state index contributed by atoms with van der Waals surface area (Å²) in [4.78, 5) is 4.18. The summed E-state index contributed by atoms with van der Waals surface area (Å²) in [7, 11) is 0. The van der Waals surface area contributed by atoms with Crippen LogP contribution in [0.1, 0.15) is 44.7 Å². The van der Waals surface area contributed by atoms with Gasteiger partial charge in [0.1, 0.15) is 12.4 Å². The number of hydrogen-bond donors (Lipinski definition) is 1. The van der Waals surface area contributed by atoms with Gasteiger partial charge < -0.3 is 14.9 Å². The van der Waals surface area contributed by atoms with Crippen LogP contribution in [0, 0.1) is 5.92 Å². The van der Waals surface area contributed by atoms with Crippen LogP contribution in [0.2, 0.25) is 0 Å². The van der Waals surface area contributed by atoms with Crippen LogP contribution in [-0.4, -0.2) is 11.1 Å². The van der Waals surface area contributed by atoms with Crippen molar-refractivity contribution in [3.05, 3.63) is 12.0 Å². The normalized spacial score (nSPS) is 25.6. The summed E-state index contributed by atoms with van der Waals surface area (Å²) in [5, 5.41) is 0. The van der Waals surface area contributed by atoms with Crippen molar-refractivity contribution in [2.45, 2.75) is 51.7 Å². The van der Waals surface area contributed by atoms with Crippen LogP contribution in [-0.2, 0) is 6.54 Å². The molecule has 1 heterocycles. The Balaban J connectivity index is 1.96. The van der Waals surface area contributed by atoms with Gasteiger partial charge in [0.25, 0.3) is 0 Å². The Labute approximate surface area is 96.2 Å². The fourth-order valence-electron chi connectivity index (χ4n) is 2.36. The first-order valence-electron chi connectivity index (χ1n) is 6.14. The summed E-state index contributed by atoms with van der Waals surface area (Å²) in [6.07, 6.45) is 8.30. The van der Waals surface area contributed by atoms with Crippen LogP contribution >= 0.6 is 0 Å². The lowest BCUT2D eigenvalue weighted by Gasteiger charge is -2.29. The average Bonchev–Trinajstić information content (AvgIpc) is 2.77. The molecule has 1 fully saturated rings. The molecule has 2 unspecified atom stereocenters. The second-order valence-electron chi connectivity index (χ2n) is 4.42. The summed E-state index contributed by atoms with van der Waals surface area (Å²) < 4.78 is 11.0. The number of ether oxygens (including phenoxy) is 1.